The Morgan fingerprint density at radius 3 is 3.00 bits per heavy atom. The number of hydrogen-bond acceptors (Lipinski definition) is 5. The second-order valence-electron chi connectivity index (χ2n) is 6.70. The first kappa shape index (κ1) is 16.7. The Labute approximate surface area is 151 Å². The lowest BCUT2D eigenvalue weighted by Gasteiger charge is -2.20. The van der Waals surface area contributed by atoms with E-state index in [-0.39, 0.29) is 11.6 Å². The number of aromatic nitrogens is 2. The van der Waals surface area contributed by atoms with E-state index in [1.54, 1.807) is 12.1 Å². The number of anilines is 1. The van der Waals surface area contributed by atoms with E-state index in [4.69, 9.17) is 10.7 Å². The van der Waals surface area contributed by atoms with Gasteiger partial charge >= 0.3 is 0 Å². The summed E-state index contributed by atoms with van der Waals surface area (Å²) < 4.78 is 13.9. The molecule has 1 aromatic heterocycles. The van der Waals surface area contributed by atoms with Crippen LogP contribution >= 0.6 is 0 Å². The summed E-state index contributed by atoms with van der Waals surface area (Å²) in [5.74, 6) is 1.38. The molecule has 1 atom stereocenters. The van der Waals surface area contributed by atoms with Crippen molar-refractivity contribution in [3.05, 3.63) is 59.9 Å². The number of halogens is 1. The zero-order chi connectivity index (χ0) is 18.1. The molecule has 26 heavy (non-hydrogen) atoms. The van der Waals surface area contributed by atoms with Crippen LogP contribution in [0.25, 0.3) is 16.5 Å². The fraction of sp³-hybridized carbons (Fsp3) is 0.300. The summed E-state index contributed by atoms with van der Waals surface area (Å²) in [4.78, 5) is 11.4. The molecule has 1 aliphatic heterocycles. The molecular weight excluding hydrogens is 331 g/mol. The lowest BCUT2D eigenvalue weighted by atomic mass is 10.1. The van der Waals surface area contributed by atoms with Crippen molar-refractivity contribution in [1.82, 2.24) is 9.97 Å². The third-order valence-corrected chi connectivity index (χ3v) is 4.92. The number of nitrogens with zero attached hydrogens (tertiary/aromatic N) is 3. The summed E-state index contributed by atoms with van der Waals surface area (Å²) in [5.41, 5.74) is 7.07. The molecule has 1 unspecified atom stereocenters. The number of aliphatic hydroxyl groups is 1. The standard InChI is InChI=1S/C20H21FN4O/c21-14-6-7-17-16(10-14)20(25-9-8-13(11-22)12-25)24-19(23-17)15-4-2-1-3-5-18(15)26/h1,3-7,10,13,26H,2,8-9,11-12,22H2. The molecule has 2 aromatic rings. The van der Waals surface area contributed by atoms with Crippen molar-refractivity contribution in [3.8, 4) is 0 Å². The Kier molecular flexibility index (Phi) is 4.42. The number of fused-ring (bicyclic) bond motifs is 1. The van der Waals surface area contributed by atoms with Crippen LogP contribution in [0.5, 0.6) is 0 Å². The molecule has 1 aliphatic carbocycles. The maximum atomic E-state index is 13.9. The lowest BCUT2D eigenvalue weighted by molar-refractivity contribution is 0.437. The molecule has 4 rings (SSSR count). The minimum Gasteiger partial charge on any atom is -0.507 e. The van der Waals surface area contributed by atoms with Crippen LogP contribution in [0.1, 0.15) is 18.7 Å². The molecule has 3 N–H and O–H groups in total. The Hall–Kier alpha value is -2.73. The van der Waals surface area contributed by atoms with Crippen LogP contribution in [0.15, 0.2) is 48.3 Å². The van der Waals surface area contributed by atoms with Crippen LogP contribution in [0, 0.1) is 11.7 Å². The van der Waals surface area contributed by atoms with Gasteiger partial charge in [0, 0.05) is 18.5 Å². The zero-order valence-corrected chi connectivity index (χ0v) is 14.4. The van der Waals surface area contributed by atoms with Crippen LogP contribution < -0.4 is 10.6 Å². The summed E-state index contributed by atoms with van der Waals surface area (Å²) in [5, 5.41) is 11.0. The molecule has 0 saturated carbocycles. The quantitative estimate of drug-likeness (QED) is 0.886. The van der Waals surface area contributed by atoms with Gasteiger partial charge in [-0.05, 0) is 49.6 Å². The third kappa shape index (κ3) is 3.08. The number of hydrogen-bond donors (Lipinski definition) is 2. The summed E-state index contributed by atoms with van der Waals surface area (Å²) in [6.45, 7) is 2.24. The topological polar surface area (TPSA) is 75.3 Å². The summed E-state index contributed by atoms with van der Waals surface area (Å²) in [6, 6.07) is 4.53. The second-order valence-corrected chi connectivity index (χ2v) is 6.70. The van der Waals surface area contributed by atoms with Gasteiger partial charge in [-0.1, -0.05) is 18.2 Å². The maximum absolute atomic E-state index is 13.9. The summed E-state index contributed by atoms with van der Waals surface area (Å²) in [7, 11) is 0. The van der Waals surface area contributed by atoms with Gasteiger partial charge in [-0.2, -0.15) is 0 Å². The molecule has 0 spiro atoms. The van der Waals surface area contributed by atoms with Gasteiger partial charge < -0.3 is 15.7 Å². The van der Waals surface area contributed by atoms with Crippen LogP contribution in [-0.2, 0) is 0 Å². The number of nitrogens with two attached hydrogens (primary N) is 1. The summed E-state index contributed by atoms with van der Waals surface area (Å²) in [6.07, 6.45) is 8.97. The Morgan fingerprint density at radius 2 is 2.19 bits per heavy atom. The van der Waals surface area contributed by atoms with E-state index in [0.29, 0.717) is 47.0 Å². The monoisotopic (exact) mass is 352 g/mol. The molecule has 1 fully saturated rings. The van der Waals surface area contributed by atoms with E-state index < -0.39 is 0 Å². The van der Waals surface area contributed by atoms with Crippen LogP contribution in [-0.4, -0.2) is 34.7 Å². The van der Waals surface area contributed by atoms with E-state index in [1.165, 1.54) is 12.1 Å². The highest BCUT2D eigenvalue weighted by Gasteiger charge is 2.25. The average molecular weight is 352 g/mol. The molecule has 1 aromatic carbocycles. The maximum Gasteiger partial charge on any atom is 0.165 e. The van der Waals surface area contributed by atoms with E-state index in [0.717, 1.165) is 19.5 Å². The zero-order valence-electron chi connectivity index (χ0n) is 14.4. The van der Waals surface area contributed by atoms with E-state index in [2.05, 4.69) is 9.88 Å². The van der Waals surface area contributed by atoms with Crippen LogP contribution in [0.4, 0.5) is 10.2 Å². The largest absolute Gasteiger partial charge is 0.507 e. The molecule has 2 aliphatic rings. The van der Waals surface area contributed by atoms with Crippen molar-refractivity contribution in [2.75, 3.05) is 24.5 Å². The van der Waals surface area contributed by atoms with E-state index >= 15 is 0 Å². The number of allylic oxidation sites excluding steroid dienone is 5. The van der Waals surface area contributed by atoms with Gasteiger partial charge in [0.05, 0.1) is 11.1 Å². The highest BCUT2D eigenvalue weighted by molar-refractivity contribution is 5.91. The molecule has 1 saturated heterocycles. The Bertz CT molecular complexity index is 935. The number of aliphatic hydroxyl groups excluding tert-OH is 1. The van der Waals surface area contributed by atoms with Gasteiger partial charge in [-0.25, -0.2) is 14.4 Å². The molecule has 2 heterocycles. The first-order valence-corrected chi connectivity index (χ1v) is 8.84. The smallest absolute Gasteiger partial charge is 0.165 e. The van der Waals surface area contributed by atoms with Gasteiger partial charge in [0.25, 0.3) is 0 Å². The van der Waals surface area contributed by atoms with Gasteiger partial charge in [0.2, 0.25) is 0 Å². The predicted octanol–water partition coefficient (Wildman–Crippen LogP) is 3.34. The van der Waals surface area contributed by atoms with Crippen molar-refractivity contribution < 1.29 is 9.50 Å². The van der Waals surface area contributed by atoms with Crippen molar-refractivity contribution in [1.29, 1.82) is 0 Å². The van der Waals surface area contributed by atoms with Crippen molar-refractivity contribution in [2.45, 2.75) is 12.8 Å². The first-order valence-electron chi connectivity index (χ1n) is 8.84. The van der Waals surface area contributed by atoms with Gasteiger partial charge in [-0.15, -0.1) is 0 Å². The van der Waals surface area contributed by atoms with Gasteiger partial charge in [-0.3, -0.25) is 0 Å². The van der Waals surface area contributed by atoms with Crippen molar-refractivity contribution in [2.24, 2.45) is 11.7 Å². The molecule has 0 amide bonds. The third-order valence-electron chi connectivity index (χ3n) is 4.92. The average Bonchev–Trinajstić information content (AvgIpc) is 3.02. The predicted molar refractivity (Wildman–Crippen MR) is 101 cm³/mol. The van der Waals surface area contributed by atoms with Crippen molar-refractivity contribution in [3.63, 3.8) is 0 Å². The minimum atomic E-state index is -0.315. The van der Waals surface area contributed by atoms with Crippen LogP contribution in [0.3, 0.4) is 0 Å². The van der Waals surface area contributed by atoms with Crippen LogP contribution in [0.2, 0.25) is 0 Å². The normalized spacial score (nSPS) is 20.2. The van der Waals surface area contributed by atoms with Gasteiger partial charge in [0.1, 0.15) is 17.4 Å². The summed E-state index contributed by atoms with van der Waals surface area (Å²) >= 11 is 0. The van der Waals surface area contributed by atoms with Crippen molar-refractivity contribution >= 4 is 22.3 Å². The lowest BCUT2D eigenvalue weighted by Crippen LogP contribution is -2.24. The molecule has 5 nitrogen and oxygen atoms in total. The Morgan fingerprint density at radius 1 is 1.31 bits per heavy atom. The highest BCUT2D eigenvalue weighted by atomic mass is 19.1. The van der Waals surface area contributed by atoms with E-state index in [1.807, 2.05) is 18.2 Å². The molecule has 134 valence electrons. The Balaban J connectivity index is 1.86. The molecule has 0 bridgehead atoms. The SMILES string of the molecule is NCC1CCN(c2nc(C3=CCC=CC=C3O)nc3ccc(F)cc23)C1. The number of rotatable bonds is 3. The van der Waals surface area contributed by atoms with Gasteiger partial charge in [0.15, 0.2) is 5.82 Å². The minimum absolute atomic E-state index is 0.132. The van der Waals surface area contributed by atoms with E-state index in [9.17, 15) is 9.50 Å². The second kappa shape index (κ2) is 6.88. The fourth-order valence-corrected chi connectivity index (χ4v) is 3.49. The fourth-order valence-electron chi connectivity index (χ4n) is 3.49. The highest BCUT2D eigenvalue weighted by Crippen LogP contribution is 2.32. The molecule has 6 heteroatoms. The first-order chi connectivity index (χ1) is 12.7. The molecular formula is C20H21FN4O. The number of benzene rings is 1. The molecule has 0 radical (unpaired) electrons.